The number of methoxy groups -OCH3 is 1. The molecule has 0 amide bonds. The fourth-order valence-electron chi connectivity index (χ4n) is 3.07. The standard InChI is InChI=1S/C19H31N3O2/c1-5-20-18(21-14-19(23-4)10-12-24-13-11-19)22-16(3)17-9-7-6-8-15(17)2/h6-9,16H,5,10-14H2,1-4H3,(H2,20,21,22). The number of aryl methyl sites for hydroxylation is 1. The lowest BCUT2D eigenvalue weighted by Crippen LogP contribution is -2.44. The number of hydrogen-bond acceptors (Lipinski definition) is 3. The number of aliphatic imine (C=N–C) groups is 1. The van der Waals surface area contributed by atoms with E-state index in [0.717, 1.165) is 38.6 Å². The molecule has 0 aliphatic carbocycles. The number of guanidine groups is 1. The van der Waals surface area contributed by atoms with Gasteiger partial charge in [-0.15, -0.1) is 0 Å². The summed E-state index contributed by atoms with van der Waals surface area (Å²) in [5.41, 5.74) is 2.37. The lowest BCUT2D eigenvalue weighted by molar-refractivity contribution is -0.0828. The number of rotatable bonds is 6. The second-order valence-electron chi connectivity index (χ2n) is 6.42. The highest BCUT2D eigenvalue weighted by Gasteiger charge is 2.32. The van der Waals surface area contributed by atoms with Crippen LogP contribution >= 0.6 is 0 Å². The van der Waals surface area contributed by atoms with Gasteiger partial charge >= 0.3 is 0 Å². The zero-order valence-electron chi connectivity index (χ0n) is 15.4. The molecule has 1 atom stereocenters. The third kappa shape index (κ3) is 4.95. The lowest BCUT2D eigenvalue weighted by Gasteiger charge is -2.34. The summed E-state index contributed by atoms with van der Waals surface area (Å²) < 4.78 is 11.2. The SMILES string of the molecule is CCNC(=NCC1(OC)CCOCC1)NC(C)c1ccccc1C. The van der Waals surface area contributed by atoms with E-state index in [0.29, 0.717) is 6.54 Å². The van der Waals surface area contributed by atoms with Crippen molar-refractivity contribution in [3.63, 3.8) is 0 Å². The van der Waals surface area contributed by atoms with Gasteiger partial charge in [-0.05, 0) is 31.9 Å². The summed E-state index contributed by atoms with van der Waals surface area (Å²) in [5, 5.41) is 6.84. The van der Waals surface area contributed by atoms with Crippen LogP contribution in [0, 0.1) is 6.92 Å². The summed E-state index contributed by atoms with van der Waals surface area (Å²) in [6, 6.07) is 8.63. The van der Waals surface area contributed by atoms with Crippen LogP contribution in [-0.2, 0) is 9.47 Å². The molecule has 134 valence electrons. The molecular formula is C19H31N3O2. The Bertz CT molecular complexity index is 539. The van der Waals surface area contributed by atoms with Crippen LogP contribution in [0.5, 0.6) is 0 Å². The van der Waals surface area contributed by atoms with E-state index in [1.54, 1.807) is 7.11 Å². The number of benzene rings is 1. The minimum atomic E-state index is -0.202. The van der Waals surface area contributed by atoms with Gasteiger partial charge in [0.15, 0.2) is 5.96 Å². The molecule has 1 heterocycles. The normalized spacial score (nSPS) is 18.9. The van der Waals surface area contributed by atoms with Gasteiger partial charge < -0.3 is 20.1 Å². The highest BCUT2D eigenvalue weighted by molar-refractivity contribution is 5.80. The lowest BCUT2D eigenvalue weighted by atomic mass is 9.94. The van der Waals surface area contributed by atoms with Crippen LogP contribution in [0.2, 0.25) is 0 Å². The quantitative estimate of drug-likeness (QED) is 0.621. The minimum absolute atomic E-state index is 0.192. The van der Waals surface area contributed by atoms with Crippen LogP contribution in [-0.4, -0.2) is 45.0 Å². The molecule has 24 heavy (non-hydrogen) atoms. The molecule has 0 saturated carbocycles. The van der Waals surface area contributed by atoms with Crippen molar-refractivity contribution in [3.8, 4) is 0 Å². The molecule has 1 aliphatic rings. The largest absolute Gasteiger partial charge is 0.381 e. The number of nitrogens with zero attached hydrogens (tertiary/aromatic N) is 1. The van der Waals surface area contributed by atoms with Crippen LogP contribution in [0.15, 0.2) is 29.3 Å². The molecule has 0 bridgehead atoms. The first-order valence-corrected chi connectivity index (χ1v) is 8.83. The van der Waals surface area contributed by atoms with E-state index < -0.39 is 0 Å². The molecule has 1 aliphatic heterocycles. The zero-order valence-corrected chi connectivity index (χ0v) is 15.4. The summed E-state index contributed by atoms with van der Waals surface area (Å²) >= 11 is 0. The molecule has 2 rings (SSSR count). The number of ether oxygens (including phenoxy) is 2. The molecule has 1 unspecified atom stereocenters. The Morgan fingerprint density at radius 1 is 1.33 bits per heavy atom. The van der Waals surface area contributed by atoms with Gasteiger partial charge in [0.2, 0.25) is 0 Å². The summed E-state index contributed by atoms with van der Waals surface area (Å²) in [6.07, 6.45) is 1.78. The third-order valence-electron chi connectivity index (χ3n) is 4.71. The molecule has 1 fully saturated rings. The van der Waals surface area contributed by atoms with E-state index in [1.807, 2.05) is 0 Å². The molecular weight excluding hydrogens is 302 g/mol. The molecule has 1 saturated heterocycles. The highest BCUT2D eigenvalue weighted by atomic mass is 16.5. The van der Waals surface area contributed by atoms with E-state index in [2.05, 4.69) is 55.7 Å². The van der Waals surface area contributed by atoms with Crippen molar-refractivity contribution in [1.29, 1.82) is 0 Å². The maximum Gasteiger partial charge on any atom is 0.191 e. The van der Waals surface area contributed by atoms with Crippen LogP contribution in [0.1, 0.15) is 43.9 Å². The smallest absolute Gasteiger partial charge is 0.191 e. The molecule has 0 spiro atoms. The van der Waals surface area contributed by atoms with Crippen molar-refractivity contribution in [3.05, 3.63) is 35.4 Å². The van der Waals surface area contributed by atoms with E-state index in [4.69, 9.17) is 14.5 Å². The Kier molecular flexibility index (Phi) is 7.06. The molecule has 1 aromatic carbocycles. The molecule has 0 aromatic heterocycles. The van der Waals surface area contributed by atoms with Gasteiger partial charge in [0, 0.05) is 39.7 Å². The van der Waals surface area contributed by atoms with Crippen molar-refractivity contribution in [1.82, 2.24) is 10.6 Å². The fraction of sp³-hybridized carbons (Fsp3) is 0.632. The highest BCUT2D eigenvalue weighted by Crippen LogP contribution is 2.25. The van der Waals surface area contributed by atoms with Crippen LogP contribution in [0.4, 0.5) is 0 Å². The molecule has 0 radical (unpaired) electrons. The maximum atomic E-state index is 5.77. The maximum absolute atomic E-state index is 5.77. The van der Waals surface area contributed by atoms with Crippen molar-refractivity contribution in [2.75, 3.05) is 33.4 Å². The Labute approximate surface area is 145 Å². The summed E-state index contributed by atoms with van der Waals surface area (Å²) in [7, 11) is 1.77. The number of nitrogens with one attached hydrogen (secondary N) is 2. The molecule has 5 heteroatoms. The molecule has 2 N–H and O–H groups in total. The predicted octanol–water partition coefficient (Wildman–Crippen LogP) is 2.81. The Morgan fingerprint density at radius 3 is 2.67 bits per heavy atom. The average molecular weight is 333 g/mol. The summed E-state index contributed by atoms with van der Waals surface area (Å²) in [4.78, 5) is 4.79. The van der Waals surface area contributed by atoms with Gasteiger partial charge in [-0.3, -0.25) is 4.99 Å². The van der Waals surface area contributed by atoms with Crippen molar-refractivity contribution >= 4 is 5.96 Å². The third-order valence-corrected chi connectivity index (χ3v) is 4.71. The Morgan fingerprint density at radius 2 is 2.04 bits per heavy atom. The van der Waals surface area contributed by atoms with Crippen molar-refractivity contribution in [2.45, 2.75) is 45.3 Å². The first-order chi connectivity index (χ1) is 11.6. The van der Waals surface area contributed by atoms with Crippen LogP contribution < -0.4 is 10.6 Å². The van der Waals surface area contributed by atoms with Gasteiger partial charge in [-0.25, -0.2) is 0 Å². The van der Waals surface area contributed by atoms with Crippen LogP contribution in [0.25, 0.3) is 0 Å². The predicted molar refractivity (Wildman–Crippen MR) is 98.5 cm³/mol. The van der Waals surface area contributed by atoms with E-state index >= 15 is 0 Å². The van der Waals surface area contributed by atoms with Gasteiger partial charge in [0.05, 0.1) is 18.2 Å². The van der Waals surface area contributed by atoms with Crippen LogP contribution in [0.3, 0.4) is 0 Å². The number of hydrogen-bond donors (Lipinski definition) is 2. The second kappa shape index (κ2) is 9.04. The van der Waals surface area contributed by atoms with Crippen molar-refractivity contribution < 1.29 is 9.47 Å². The topological polar surface area (TPSA) is 54.9 Å². The minimum Gasteiger partial charge on any atom is -0.381 e. The van der Waals surface area contributed by atoms with E-state index in [1.165, 1.54) is 11.1 Å². The fourth-order valence-corrected chi connectivity index (χ4v) is 3.07. The van der Waals surface area contributed by atoms with Gasteiger partial charge in [0.25, 0.3) is 0 Å². The van der Waals surface area contributed by atoms with Gasteiger partial charge in [-0.1, -0.05) is 24.3 Å². The van der Waals surface area contributed by atoms with E-state index in [9.17, 15) is 0 Å². The first kappa shape index (κ1) is 18.7. The molecule has 1 aromatic rings. The Hall–Kier alpha value is -1.59. The monoisotopic (exact) mass is 333 g/mol. The van der Waals surface area contributed by atoms with E-state index in [-0.39, 0.29) is 11.6 Å². The average Bonchev–Trinajstić information content (AvgIpc) is 2.61. The first-order valence-electron chi connectivity index (χ1n) is 8.83. The van der Waals surface area contributed by atoms with Gasteiger partial charge in [-0.2, -0.15) is 0 Å². The second-order valence-corrected chi connectivity index (χ2v) is 6.42. The summed E-state index contributed by atoms with van der Waals surface area (Å²) in [5.74, 6) is 0.830. The molecule has 5 nitrogen and oxygen atoms in total. The van der Waals surface area contributed by atoms with Gasteiger partial charge in [0.1, 0.15) is 0 Å². The zero-order chi connectivity index (χ0) is 17.4. The summed E-state index contributed by atoms with van der Waals surface area (Å²) in [6.45, 7) is 9.34. The Balaban J connectivity index is 2.06. The van der Waals surface area contributed by atoms with Crippen molar-refractivity contribution in [2.24, 2.45) is 4.99 Å².